The Labute approximate surface area is 91.0 Å². The van der Waals surface area contributed by atoms with Gasteiger partial charge in [-0.3, -0.25) is 0 Å². The second-order valence-corrected chi connectivity index (χ2v) is 3.84. The molecule has 15 heavy (non-hydrogen) atoms. The molecule has 0 bridgehead atoms. The number of rotatable bonds is 3. The van der Waals surface area contributed by atoms with Gasteiger partial charge in [-0.25, -0.2) is 4.99 Å². The topological polar surface area (TPSA) is 21.6 Å². The fourth-order valence-corrected chi connectivity index (χ4v) is 1.92. The molecule has 2 rings (SSSR count). The van der Waals surface area contributed by atoms with E-state index < -0.39 is 0 Å². The fourth-order valence-electron chi connectivity index (χ4n) is 1.92. The van der Waals surface area contributed by atoms with Crippen LogP contribution in [0.3, 0.4) is 0 Å². The number of nitrogens with zero attached hydrogens (tertiary/aromatic N) is 1. The lowest BCUT2D eigenvalue weighted by Gasteiger charge is -2.13. The third kappa shape index (κ3) is 2.04. The van der Waals surface area contributed by atoms with Crippen molar-refractivity contribution in [2.24, 2.45) is 4.99 Å². The number of aliphatic imine (C=N–C) groups is 1. The first-order valence-electron chi connectivity index (χ1n) is 5.65. The molecule has 0 saturated carbocycles. The summed E-state index contributed by atoms with van der Waals surface area (Å²) in [5.74, 6) is 0.814. The summed E-state index contributed by atoms with van der Waals surface area (Å²) in [5, 5.41) is 0. The molecule has 1 aliphatic rings. The van der Waals surface area contributed by atoms with Crippen LogP contribution in [0.4, 0.5) is 0 Å². The first-order valence-corrected chi connectivity index (χ1v) is 5.65. The standard InChI is InChI=1S/C13H17NO/c1-3-11-12(4-2)15-13(14-11)10-8-6-5-7-9-10/h5-9,11-12H,3-4H2,1-2H3/t11-,12+/m0/s1. The van der Waals surface area contributed by atoms with E-state index in [2.05, 4.69) is 18.8 Å². The molecule has 0 unspecified atom stereocenters. The monoisotopic (exact) mass is 203 g/mol. The second kappa shape index (κ2) is 4.47. The molecule has 0 radical (unpaired) electrons. The van der Waals surface area contributed by atoms with Crippen molar-refractivity contribution in [3.8, 4) is 0 Å². The molecule has 1 aromatic rings. The molecular formula is C13H17NO. The van der Waals surface area contributed by atoms with E-state index in [0.717, 1.165) is 24.3 Å². The van der Waals surface area contributed by atoms with Crippen LogP contribution in [-0.4, -0.2) is 18.0 Å². The van der Waals surface area contributed by atoms with Crippen molar-refractivity contribution in [2.45, 2.75) is 38.8 Å². The van der Waals surface area contributed by atoms with Gasteiger partial charge in [-0.05, 0) is 25.0 Å². The van der Waals surface area contributed by atoms with Crippen LogP contribution in [0.1, 0.15) is 32.3 Å². The Hall–Kier alpha value is -1.31. The largest absolute Gasteiger partial charge is 0.472 e. The molecule has 2 atom stereocenters. The van der Waals surface area contributed by atoms with Crippen LogP contribution in [0.5, 0.6) is 0 Å². The van der Waals surface area contributed by atoms with Crippen LogP contribution in [0.2, 0.25) is 0 Å². The van der Waals surface area contributed by atoms with Crippen molar-refractivity contribution in [1.29, 1.82) is 0 Å². The highest BCUT2D eigenvalue weighted by Crippen LogP contribution is 2.22. The molecule has 1 heterocycles. The number of benzene rings is 1. The highest BCUT2D eigenvalue weighted by Gasteiger charge is 2.28. The van der Waals surface area contributed by atoms with Gasteiger partial charge in [-0.15, -0.1) is 0 Å². The van der Waals surface area contributed by atoms with E-state index in [0.29, 0.717) is 6.04 Å². The minimum absolute atomic E-state index is 0.269. The van der Waals surface area contributed by atoms with Crippen molar-refractivity contribution in [3.63, 3.8) is 0 Å². The maximum atomic E-state index is 5.85. The lowest BCUT2D eigenvalue weighted by molar-refractivity contribution is 0.185. The number of hydrogen-bond acceptors (Lipinski definition) is 2. The van der Waals surface area contributed by atoms with Crippen LogP contribution in [0.25, 0.3) is 0 Å². The third-order valence-electron chi connectivity index (χ3n) is 2.82. The maximum Gasteiger partial charge on any atom is 0.216 e. The molecule has 2 heteroatoms. The first-order chi connectivity index (χ1) is 7.35. The van der Waals surface area contributed by atoms with Gasteiger partial charge >= 0.3 is 0 Å². The zero-order valence-electron chi connectivity index (χ0n) is 9.31. The number of hydrogen-bond donors (Lipinski definition) is 0. The van der Waals surface area contributed by atoms with E-state index in [1.165, 1.54) is 0 Å². The first kappa shape index (κ1) is 10.2. The Morgan fingerprint density at radius 1 is 1.13 bits per heavy atom. The van der Waals surface area contributed by atoms with Crippen molar-refractivity contribution in [2.75, 3.05) is 0 Å². The van der Waals surface area contributed by atoms with E-state index in [1.807, 2.05) is 30.3 Å². The molecule has 80 valence electrons. The quantitative estimate of drug-likeness (QED) is 0.740. The normalized spacial score (nSPS) is 24.8. The molecule has 0 aromatic heterocycles. The smallest absolute Gasteiger partial charge is 0.216 e. The molecule has 0 saturated heterocycles. The summed E-state index contributed by atoms with van der Waals surface area (Å²) in [6, 6.07) is 10.5. The SMILES string of the molecule is CC[C@@H]1N=C(c2ccccc2)O[C@@H]1CC. The number of ether oxygens (including phenoxy) is 1. The van der Waals surface area contributed by atoms with Gasteiger partial charge in [0, 0.05) is 5.56 Å². The molecule has 1 aromatic carbocycles. The minimum atomic E-state index is 0.269. The average Bonchev–Trinajstić information content (AvgIpc) is 2.73. The highest BCUT2D eigenvalue weighted by atomic mass is 16.5. The Balaban J connectivity index is 2.19. The lowest BCUT2D eigenvalue weighted by Crippen LogP contribution is -2.20. The molecule has 1 aliphatic heterocycles. The van der Waals surface area contributed by atoms with Gasteiger partial charge in [-0.2, -0.15) is 0 Å². The minimum Gasteiger partial charge on any atom is -0.472 e. The van der Waals surface area contributed by atoms with Crippen molar-refractivity contribution < 1.29 is 4.74 Å². The summed E-state index contributed by atoms with van der Waals surface area (Å²) in [4.78, 5) is 4.62. The van der Waals surface area contributed by atoms with E-state index in [-0.39, 0.29) is 6.10 Å². The highest BCUT2D eigenvalue weighted by molar-refractivity contribution is 5.95. The van der Waals surface area contributed by atoms with E-state index in [4.69, 9.17) is 4.74 Å². The van der Waals surface area contributed by atoms with Crippen molar-refractivity contribution in [3.05, 3.63) is 35.9 Å². The fraction of sp³-hybridized carbons (Fsp3) is 0.462. The van der Waals surface area contributed by atoms with Gasteiger partial charge in [-0.1, -0.05) is 32.0 Å². The zero-order valence-corrected chi connectivity index (χ0v) is 9.31. The maximum absolute atomic E-state index is 5.85. The summed E-state index contributed by atoms with van der Waals surface area (Å²) in [7, 11) is 0. The predicted molar refractivity (Wildman–Crippen MR) is 62.2 cm³/mol. The summed E-state index contributed by atoms with van der Waals surface area (Å²) in [6.45, 7) is 4.31. The molecule has 0 spiro atoms. The Morgan fingerprint density at radius 3 is 2.40 bits per heavy atom. The van der Waals surface area contributed by atoms with Crippen LogP contribution in [0.15, 0.2) is 35.3 Å². The van der Waals surface area contributed by atoms with Crippen molar-refractivity contribution >= 4 is 5.90 Å². The second-order valence-electron chi connectivity index (χ2n) is 3.84. The zero-order chi connectivity index (χ0) is 10.7. The average molecular weight is 203 g/mol. The van der Waals surface area contributed by atoms with Crippen LogP contribution >= 0.6 is 0 Å². The molecule has 0 fully saturated rings. The van der Waals surface area contributed by atoms with Gasteiger partial charge in [0.1, 0.15) is 6.10 Å². The van der Waals surface area contributed by atoms with Gasteiger partial charge in [0.05, 0.1) is 6.04 Å². The van der Waals surface area contributed by atoms with E-state index in [9.17, 15) is 0 Å². The lowest BCUT2D eigenvalue weighted by atomic mass is 10.1. The van der Waals surface area contributed by atoms with E-state index in [1.54, 1.807) is 0 Å². The van der Waals surface area contributed by atoms with Gasteiger partial charge < -0.3 is 4.74 Å². The summed E-state index contributed by atoms with van der Waals surface area (Å²) in [5.41, 5.74) is 1.09. The molecular weight excluding hydrogens is 186 g/mol. The molecule has 0 aliphatic carbocycles. The summed E-state index contributed by atoms with van der Waals surface area (Å²) >= 11 is 0. The molecule has 0 amide bonds. The molecule has 0 N–H and O–H groups in total. The Kier molecular flexibility index (Phi) is 3.05. The van der Waals surface area contributed by atoms with Crippen LogP contribution < -0.4 is 0 Å². The summed E-state index contributed by atoms with van der Waals surface area (Å²) < 4.78 is 5.85. The van der Waals surface area contributed by atoms with Gasteiger partial charge in [0.15, 0.2) is 0 Å². The predicted octanol–water partition coefficient (Wildman–Crippen LogP) is 3.02. The van der Waals surface area contributed by atoms with Crippen molar-refractivity contribution in [1.82, 2.24) is 0 Å². The van der Waals surface area contributed by atoms with Gasteiger partial charge in [0.2, 0.25) is 5.90 Å². The third-order valence-corrected chi connectivity index (χ3v) is 2.82. The summed E-state index contributed by atoms with van der Waals surface area (Å²) in [6.07, 6.45) is 2.35. The Morgan fingerprint density at radius 2 is 1.87 bits per heavy atom. The Bertz CT molecular complexity index is 345. The molecule has 2 nitrogen and oxygen atoms in total. The van der Waals surface area contributed by atoms with E-state index >= 15 is 0 Å². The van der Waals surface area contributed by atoms with Crippen LogP contribution in [0, 0.1) is 0 Å². The van der Waals surface area contributed by atoms with Crippen LogP contribution in [-0.2, 0) is 4.74 Å². The van der Waals surface area contributed by atoms with Gasteiger partial charge in [0.25, 0.3) is 0 Å².